The molecule has 0 radical (unpaired) electrons. The summed E-state index contributed by atoms with van der Waals surface area (Å²) >= 11 is 7.75. The minimum atomic E-state index is -3.58. The van der Waals surface area contributed by atoms with E-state index in [1.165, 1.54) is 22.1 Å². The van der Waals surface area contributed by atoms with Crippen molar-refractivity contribution in [3.63, 3.8) is 0 Å². The Balaban J connectivity index is 1.38. The fourth-order valence-electron chi connectivity index (χ4n) is 4.50. The molecule has 1 amide bonds. The average Bonchev–Trinajstić information content (AvgIpc) is 3.61. The van der Waals surface area contributed by atoms with E-state index in [1.807, 2.05) is 48.7 Å². The minimum Gasteiger partial charge on any atom is -0.325 e. The number of amides is 1. The number of aryl methyl sites for hydroxylation is 2. The largest absolute Gasteiger partial charge is 0.325 e. The molecule has 1 aliphatic rings. The second-order valence-corrected chi connectivity index (χ2v) is 12.7. The van der Waals surface area contributed by atoms with Crippen LogP contribution in [0.2, 0.25) is 5.02 Å². The molecule has 3 aromatic carbocycles. The van der Waals surface area contributed by atoms with E-state index in [1.54, 1.807) is 24.3 Å². The highest BCUT2D eigenvalue weighted by molar-refractivity contribution is 7.99. The molecule has 39 heavy (non-hydrogen) atoms. The van der Waals surface area contributed by atoms with Gasteiger partial charge in [0.25, 0.3) is 0 Å². The number of nitrogens with one attached hydrogen (secondary N) is 1. The van der Waals surface area contributed by atoms with Crippen molar-refractivity contribution in [2.45, 2.75) is 36.7 Å². The summed E-state index contributed by atoms with van der Waals surface area (Å²) in [4.78, 5) is 13.1. The Morgan fingerprint density at radius 3 is 2.54 bits per heavy atom. The Kier molecular flexibility index (Phi) is 8.08. The first-order chi connectivity index (χ1) is 18.7. The molecule has 0 spiro atoms. The monoisotopic (exact) mass is 581 g/mol. The molecular weight excluding hydrogens is 554 g/mol. The number of sulfonamides is 1. The molecule has 5 rings (SSSR count). The highest BCUT2D eigenvalue weighted by atomic mass is 35.5. The van der Waals surface area contributed by atoms with Crippen LogP contribution in [-0.2, 0) is 14.8 Å². The molecule has 11 heteroatoms. The molecular formula is C28H28ClN5O3S2. The summed E-state index contributed by atoms with van der Waals surface area (Å²) in [6.45, 7) is 5.07. The van der Waals surface area contributed by atoms with E-state index in [0.29, 0.717) is 34.8 Å². The van der Waals surface area contributed by atoms with Crippen molar-refractivity contribution in [3.05, 3.63) is 82.9 Å². The number of aromatic nitrogens is 3. The molecule has 0 atom stereocenters. The molecule has 0 saturated carbocycles. The first-order valence-corrected chi connectivity index (χ1v) is 15.4. The van der Waals surface area contributed by atoms with Crippen molar-refractivity contribution in [1.82, 2.24) is 19.1 Å². The standard InChI is InChI=1S/C28H28ClN5O3S2/c1-19-12-13-20(2)25(16-19)34-27(23-10-3-4-11-24(23)29)31-32-28(34)38-18-26(35)30-21-8-7-9-22(17-21)39(36,37)33-14-5-6-15-33/h3-4,7-13,16-17H,5-6,14-15,18H2,1-2H3,(H,30,35). The maximum atomic E-state index is 12.9. The Morgan fingerprint density at radius 2 is 1.77 bits per heavy atom. The molecule has 0 bridgehead atoms. The molecule has 0 aliphatic carbocycles. The van der Waals surface area contributed by atoms with E-state index >= 15 is 0 Å². The zero-order valence-electron chi connectivity index (χ0n) is 21.6. The highest BCUT2D eigenvalue weighted by Crippen LogP contribution is 2.33. The molecule has 1 saturated heterocycles. The quantitative estimate of drug-likeness (QED) is 0.267. The molecule has 0 unspecified atom stereocenters. The van der Waals surface area contributed by atoms with Gasteiger partial charge in [0.1, 0.15) is 0 Å². The summed E-state index contributed by atoms with van der Waals surface area (Å²) in [5.41, 5.74) is 4.16. The van der Waals surface area contributed by atoms with Crippen LogP contribution in [0.25, 0.3) is 17.1 Å². The summed E-state index contributed by atoms with van der Waals surface area (Å²) in [5, 5.41) is 12.8. The summed E-state index contributed by atoms with van der Waals surface area (Å²) < 4.78 is 29.3. The van der Waals surface area contributed by atoms with Crippen molar-refractivity contribution >= 4 is 45.0 Å². The molecule has 1 aromatic heterocycles. The number of nitrogens with zero attached hydrogens (tertiary/aromatic N) is 4. The fraction of sp³-hybridized carbons (Fsp3) is 0.250. The molecule has 8 nitrogen and oxygen atoms in total. The number of rotatable bonds is 8. The number of benzene rings is 3. The number of carbonyl (C=O) groups excluding carboxylic acids is 1. The molecule has 1 aliphatic heterocycles. The van der Waals surface area contributed by atoms with E-state index in [9.17, 15) is 13.2 Å². The topological polar surface area (TPSA) is 97.2 Å². The molecule has 202 valence electrons. The van der Waals surface area contributed by atoms with Crippen LogP contribution in [0, 0.1) is 13.8 Å². The van der Waals surface area contributed by atoms with Gasteiger partial charge >= 0.3 is 0 Å². The SMILES string of the molecule is Cc1ccc(C)c(-n2c(SCC(=O)Nc3cccc(S(=O)(=O)N4CCCC4)c3)nnc2-c2ccccc2Cl)c1. The predicted molar refractivity (Wildman–Crippen MR) is 155 cm³/mol. The summed E-state index contributed by atoms with van der Waals surface area (Å²) in [6.07, 6.45) is 1.72. The first-order valence-electron chi connectivity index (χ1n) is 12.5. The van der Waals surface area contributed by atoms with Gasteiger partial charge in [-0.3, -0.25) is 9.36 Å². The fourth-order valence-corrected chi connectivity index (χ4v) is 7.03. The lowest BCUT2D eigenvalue weighted by atomic mass is 10.1. The van der Waals surface area contributed by atoms with E-state index in [2.05, 4.69) is 21.6 Å². The van der Waals surface area contributed by atoms with Crippen molar-refractivity contribution < 1.29 is 13.2 Å². The van der Waals surface area contributed by atoms with E-state index in [-0.39, 0.29) is 16.6 Å². The number of hydrogen-bond donors (Lipinski definition) is 1. The highest BCUT2D eigenvalue weighted by Gasteiger charge is 2.27. The Hall–Kier alpha value is -3.18. The van der Waals surface area contributed by atoms with Crippen molar-refractivity contribution in [1.29, 1.82) is 0 Å². The summed E-state index contributed by atoms with van der Waals surface area (Å²) in [7, 11) is -3.58. The number of carbonyl (C=O) groups is 1. The summed E-state index contributed by atoms with van der Waals surface area (Å²) in [6, 6.07) is 19.9. The molecule has 1 fully saturated rings. The lowest BCUT2D eigenvalue weighted by molar-refractivity contribution is -0.113. The van der Waals surface area contributed by atoms with Crippen LogP contribution in [-0.4, -0.2) is 52.2 Å². The van der Waals surface area contributed by atoms with E-state index in [0.717, 1.165) is 35.2 Å². The van der Waals surface area contributed by atoms with E-state index < -0.39 is 10.0 Å². The Labute approximate surface area is 237 Å². The van der Waals surface area contributed by atoms with Gasteiger partial charge in [0.15, 0.2) is 11.0 Å². The van der Waals surface area contributed by atoms with Crippen LogP contribution < -0.4 is 5.32 Å². The second kappa shape index (κ2) is 11.5. The zero-order valence-corrected chi connectivity index (χ0v) is 24.0. The van der Waals surface area contributed by atoms with Crippen molar-refractivity contribution in [2.75, 3.05) is 24.2 Å². The second-order valence-electron chi connectivity index (χ2n) is 9.39. The zero-order chi connectivity index (χ0) is 27.6. The van der Waals surface area contributed by atoms with Gasteiger partial charge < -0.3 is 5.32 Å². The lowest BCUT2D eigenvalue weighted by Crippen LogP contribution is -2.28. The number of hydrogen-bond acceptors (Lipinski definition) is 6. The maximum absolute atomic E-state index is 12.9. The van der Waals surface area contributed by atoms with Gasteiger partial charge in [-0.05, 0) is 74.2 Å². The first kappa shape index (κ1) is 27.4. The average molecular weight is 582 g/mol. The summed E-state index contributed by atoms with van der Waals surface area (Å²) in [5.74, 6) is 0.344. The molecule has 1 N–H and O–H groups in total. The number of anilines is 1. The van der Waals surface area contributed by atoms with Gasteiger partial charge in [0.05, 0.1) is 21.4 Å². The van der Waals surface area contributed by atoms with Gasteiger partial charge in [-0.25, -0.2) is 8.42 Å². The maximum Gasteiger partial charge on any atom is 0.243 e. The van der Waals surface area contributed by atoms with Gasteiger partial charge in [-0.15, -0.1) is 10.2 Å². The van der Waals surface area contributed by atoms with Gasteiger partial charge in [-0.2, -0.15) is 4.31 Å². The molecule has 2 heterocycles. The van der Waals surface area contributed by atoms with Crippen LogP contribution in [0.15, 0.2) is 76.8 Å². The third-order valence-corrected chi connectivity index (χ3v) is 9.66. The predicted octanol–water partition coefficient (Wildman–Crippen LogP) is 5.72. The van der Waals surface area contributed by atoms with Gasteiger partial charge in [0.2, 0.25) is 15.9 Å². The Bertz CT molecular complexity index is 1630. The van der Waals surface area contributed by atoms with Crippen molar-refractivity contribution in [3.8, 4) is 17.1 Å². The molecule has 4 aromatic rings. The van der Waals surface area contributed by atoms with Gasteiger partial charge in [0, 0.05) is 24.3 Å². The van der Waals surface area contributed by atoms with Crippen LogP contribution in [0.3, 0.4) is 0 Å². The number of thioether (sulfide) groups is 1. The third kappa shape index (κ3) is 5.89. The number of halogens is 1. The van der Waals surface area contributed by atoms with E-state index in [4.69, 9.17) is 11.6 Å². The lowest BCUT2D eigenvalue weighted by Gasteiger charge is -2.16. The van der Waals surface area contributed by atoms with Crippen LogP contribution in [0.5, 0.6) is 0 Å². The van der Waals surface area contributed by atoms with Crippen molar-refractivity contribution in [2.24, 2.45) is 0 Å². The minimum absolute atomic E-state index is 0.0502. The normalized spacial score (nSPS) is 14.0. The third-order valence-electron chi connectivity index (χ3n) is 6.51. The Morgan fingerprint density at radius 1 is 1.00 bits per heavy atom. The van der Waals surface area contributed by atoms with Gasteiger partial charge in [-0.1, -0.05) is 53.7 Å². The van der Waals surface area contributed by atoms with Crippen LogP contribution in [0.4, 0.5) is 5.69 Å². The van der Waals surface area contributed by atoms with Crippen LogP contribution in [0.1, 0.15) is 24.0 Å². The van der Waals surface area contributed by atoms with Crippen LogP contribution >= 0.6 is 23.4 Å². The smallest absolute Gasteiger partial charge is 0.243 e.